The molecule has 0 bridgehead atoms. The second-order valence-electron chi connectivity index (χ2n) is 7.48. The lowest BCUT2D eigenvalue weighted by molar-refractivity contribution is 0.0973. The zero-order chi connectivity index (χ0) is 20.6. The minimum Gasteiger partial charge on any atom is -0.308 e. The van der Waals surface area contributed by atoms with Crippen molar-refractivity contribution in [2.75, 3.05) is 32.1 Å². The quantitative estimate of drug-likeness (QED) is 0.588. The third-order valence-corrected chi connectivity index (χ3v) is 6.00. The number of hydrogen-bond acceptors (Lipinski definition) is 5. The Bertz CT molecular complexity index is 1010. The van der Waals surface area contributed by atoms with Crippen LogP contribution < -0.4 is 4.90 Å². The molecule has 1 amide bonds. The first kappa shape index (κ1) is 20.8. The number of carbonyl (C=O) groups excluding carboxylic acids is 1. The molecule has 8 heteroatoms. The van der Waals surface area contributed by atoms with Gasteiger partial charge in [-0.3, -0.25) is 14.4 Å². The van der Waals surface area contributed by atoms with E-state index in [0.717, 1.165) is 28.0 Å². The standard InChI is InChI=1S/C20H26ClN5OS/c1-12(2)26-16(11-13(3)23-26)19(27)25(10-9-24(5)6)20-22-18-14(4)15(21)7-8-17(18)28-20/h7-8,11-12H,9-10H2,1-6H3. The van der Waals surface area contributed by atoms with Crippen LogP contribution in [0.5, 0.6) is 0 Å². The molecule has 2 heterocycles. The van der Waals surface area contributed by atoms with E-state index >= 15 is 0 Å². The van der Waals surface area contributed by atoms with E-state index in [2.05, 4.69) is 10.00 Å². The molecule has 3 aromatic rings. The van der Waals surface area contributed by atoms with Crippen molar-refractivity contribution in [3.05, 3.63) is 40.2 Å². The average molecular weight is 420 g/mol. The summed E-state index contributed by atoms with van der Waals surface area (Å²) in [5.41, 5.74) is 3.20. The highest BCUT2D eigenvalue weighted by atomic mass is 35.5. The van der Waals surface area contributed by atoms with E-state index in [1.54, 1.807) is 9.58 Å². The minimum absolute atomic E-state index is 0.0843. The number of hydrogen-bond donors (Lipinski definition) is 0. The number of fused-ring (bicyclic) bond motifs is 1. The number of aryl methyl sites for hydroxylation is 2. The lowest BCUT2D eigenvalue weighted by atomic mass is 10.2. The smallest absolute Gasteiger partial charge is 0.278 e. The van der Waals surface area contributed by atoms with E-state index in [9.17, 15) is 4.79 Å². The first-order valence-corrected chi connectivity index (χ1v) is 10.5. The largest absolute Gasteiger partial charge is 0.308 e. The van der Waals surface area contributed by atoms with E-state index < -0.39 is 0 Å². The SMILES string of the molecule is Cc1cc(C(=O)N(CCN(C)C)c2nc3c(C)c(Cl)ccc3s2)n(C(C)C)n1. The van der Waals surface area contributed by atoms with Gasteiger partial charge in [0.2, 0.25) is 0 Å². The molecule has 0 saturated heterocycles. The fourth-order valence-corrected chi connectivity index (χ4v) is 4.20. The van der Waals surface area contributed by atoms with Crippen LogP contribution in [0.2, 0.25) is 5.02 Å². The van der Waals surface area contributed by atoms with Gasteiger partial charge in [-0.1, -0.05) is 22.9 Å². The Morgan fingerprint density at radius 3 is 2.61 bits per heavy atom. The zero-order valence-corrected chi connectivity index (χ0v) is 18.7. The summed E-state index contributed by atoms with van der Waals surface area (Å²) < 4.78 is 2.81. The highest BCUT2D eigenvalue weighted by Gasteiger charge is 2.26. The topological polar surface area (TPSA) is 54.3 Å². The molecule has 0 saturated carbocycles. The maximum Gasteiger partial charge on any atom is 0.278 e. The van der Waals surface area contributed by atoms with E-state index in [1.165, 1.54) is 11.3 Å². The summed E-state index contributed by atoms with van der Waals surface area (Å²) >= 11 is 7.77. The molecule has 0 N–H and O–H groups in total. The number of benzene rings is 1. The maximum atomic E-state index is 13.5. The van der Waals surface area contributed by atoms with Crippen LogP contribution in [-0.2, 0) is 0 Å². The Morgan fingerprint density at radius 1 is 1.25 bits per heavy atom. The van der Waals surface area contributed by atoms with Crippen molar-refractivity contribution in [2.24, 2.45) is 0 Å². The first-order valence-electron chi connectivity index (χ1n) is 9.27. The summed E-state index contributed by atoms with van der Waals surface area (Å²) in [6.07, 6.45) is 0. The molecular formula is C20H26ClN5OS. The van der Waals surface area contributed by atoms with Crippen LogP contribution >= 0.6 is 22.9 Å². The fraction of sp³-hybridized carbons (Fsp3) is 0.450. The van der Waals surface area contributed by atoms with Crippen LogP contribution in [-0.4, -0.2) is 52.8 Å². The molecule has 0 spiro atoms. The van der Waals surface area contributed by atoms with Gasteiger partial charge in [0.25, 0.3) is 5.91 Å². The number of rotatable bonds is 6. The second kappa shape index (κ2) is 8.19. The molecule has 0 aliphatic heterocycles. The third kappa shape index (κ3) is 4.06. The Hall–Kier alpha value is -1.96. The highest BCUT2D eigenvalue weighted by Crippen LogP contribution is 2.34. The first-order chi connectivity index (χ1) is 13.2. The molecule has 0 aliphatic carbocycles. The van der Waals surface area contributed by atoms with Crippen LogP contribution in [0.1, 0.15) is 41.6 Å². The number of anilines is 1. The molecule has 2 aromatic heterocycles. The van der Waals surface area contributed by atoms with Crippen molar-refractivity contribution in [1.29, 1.82) is 0 Å². The molecule has 6 nitrogen and oxygen atoms in total. The Kier molecular flexibility index (Phi) is 6.07. The molecule has 0 fully saturated rings. The van der Waals surface area contributed by atoms with Gasteiger partial charge in [0.1, 0.15) is 5.69 Å². The second-order valence-corrected chi connectivity index (χ2v) is 8.90. The lowest BCUT2D eigenvalue weighted by Crippen LogP contribution is -2.38. The summed E-state index contributed by atoms with van der Waals surface area (Å²) in [5, 5.41) is 5.86. The fourth-order valence-electron chi connectivity index (χ4n) is 3.00. The predicted octanol–water partition coefficient (Wildman–Crippen LogP) is 4.55. The van der Waals surface area contributed by atoms with E-state index in [1.807, 2.05) is 60.0 Å². The van der Waals surface area contributed by atoms with Crippen molar-refractivity contribution in [3.63, 3.8) is 0 Å². The van der Waals surface area contributed by atoms with Crippen molar-refractivity contribution in [1.82, 2.24) is 19.7 Å². The molecule has 3 rings (SSSR count). The van der Waals surface area contributed by atoms with E-state index in [0.29, 0.717) is 22.4 Å². The molecule has 1 aromatic carbocycles. The van der Waals surface area contributed by atoms with E-state index in [-0.39, 0.29) is 11.9 Å². The number of nitrogens with zero attached hydrogens (tertiary/aromatic N) is 5. The van der Waals surface area contributed by atoms with Crippen molar-refractivity contribution in [3.8, 4) is 0 Å². The number of aromatic nitrogens is 3. The van der Waals surface area contributed by atoms with Gasteiger partial charge in [-0.05, 0) is 65.6 Å². The molecule has 0 aliphatic rings. The number of carbonyl (C=O) groups is 1. The molecule has 28 heavy (non-hydrogen) atoms. The molecular weight excluding hydrogens is 394 g/mol. The van der Waals surface area contributed by atoms with Crippen LogP contribution in [0.25, 0.3) is 10.2 Å². The highest BCUT2D eigenvalue weighted by molar-refractivity contribution is 7.22. The van der Waals surface area contributed by atoms with Crippen molar-refractivity contribution in [2.45, 2.75) is 33.7 Å². The minimum atomic E-state index is -0.0843. The normalized spacial score (nSPS) is 11.8. The maximum absolute atomic E-state index is 13.5. The van der Waals surface area contributed by atoms with Gasteiger partial charge in [-0.2, -0.15) is 5.10 Å². The van der Waals surface area contributed by atoms with Crippen LogP contribution in [0.4, 0.5) is 5.13 Å². The number of halogens is 1. The molecule has 0 atom stereocenters. The Labute approximate surface area is 174 Å². The zero-order valence-electron chi connectivity index (χ0n) is 17.2. The monoisotopic (exact) mass is 419 g/mol. The van der Waals surface area contributed by atoms with Gasteiger partial charge in [0.15, 0.2) is 5.13 Å². The molecule has 0 unspecified atom stereocenters. The van der Waals surface area contributed by atoms with Crippen LogP contribution in [0.3, 0.4) is 0 Å². The predicted molar refractivity (Wildman–Crippen MR) is 117 cm³/mol. The number of likely N-dealkylation sites (N-methyl/N-ethyl adjacent to an activating group) is 1. The number of thiazole rings is 1. The third-order valence-electron chi connectivity index (χ3n) is 4.55. The Balaban J connectivity index is 2.07. The van der Waals surface area contributed by atoms with Gasteiger partial charge in [0.05, 0.1) is 15.9 Å². The summed E-state index contributed by atoms with van der Waals surface area (Å²) in [7, 11) is 3.99. The number of amides is 1. The van der Waals surface area contributed by atoms with Crippen LogP contribution in [0.15, 0.2) is 18.2 Å². The summed E-state index contributed by atoms with van der Waals surface area (Å²) in [4.78, 5) is 22.1. The van der Waals surface area contributed by atoms with Gasteiger partial charge in [-0.15, -0.1) is 0 Å². The summed E-state index contributed by atoms with van der Waals surface area (Å²) in [6.45, 7) is 9.18. The van der Waals surface area contributed by atoms with Gasteiger partial charge >= 0.3 is 0 Å². The van der Waals surface area contributed by atoms with Crippen molar-refractivity contribution >= 4 is 44.2 Å². The van der Waals surface area contributed by atoms with E-state index in [4.69, 9.17) is 16.6 Å². The summed E-state index contributed by atoms with van der Waals surface area (Å²) in [5.74, 6) is -0.0843. The molecule has 150 valence electrons. The summed E-state index contributed by atoms with van der Waals surface area (Å²) in [6, 6.07) is 5.79. The van der Waals surface area contributed by atoms with Crippen molar-refractivity contribution < 1.29 is 4.79 Å². The van der Waals surface area contributed by atoms with Gasteiger partial charge in [0, 0.05) is 24.2 Å². The van der Waals surface area contributed by atoms with Gasteiger partial charge < -0.3 is 4.90 Å². The lowest BCUT2D eigenvalue weighted by Gasteiger charge is -2.22. The molecule has 0 radical (unpaired) electrons. The average Bonchev–Trinajstić information content (AvgIpc) is 3.22. The van der Waals surface area contributed by atoms with Gasteiger partial charge in [-0.25, -0.2) is 4.98 Å². The van der Waals surface area contributed by atoms with Crippen LogP contribution in [0, 0.1) is 13.8 Å². The Morgan fingerprint density at radius 2 is 1.96 bits per heavy atom.